The monoisotopic (exact) mass is 292 g/mol. The van der Waals surface area contributed by atoms with E-state index in [9.17, 15) is 0 Å². The van der Waals surface area contributed by atoms with Gasteiger partial charge in [0, 0.05) is 18.8 Å². The number of anilines is 1. The molecule has 0 saturated carbocycles. The Hall–Kier alpha value is -1.55. The minimum absolute atomic E-state index is 0.582. The Morgan fingerprint density at radius 2 is 2.12 bits per heavy atom. The van der Waals surface area contributed by atoms with E-state index in [4.69, 9.17) is 10.5 Å². The molecule has 0 atom stereocenters. The SMILES string of the molecule is Nc1cccc(Br)c1OCCc1cccnc1. The lowest BCUT2D eigenvalue weighted by Gasteiger charge is -2.10. The van der Waals surface area contributed by atoms with E-state index in [-0.39, 0.29) is 0 Å². The Morgan fingerprint density at radius 1 is 1.24 bits per heavy atom. The Bertz CT molecular complexity index is 468. The van der Waals surface area contributed by atoms with Gasteiger partial charge in [0.25, 0.3) is 0 Å². The van der Waals surface area contributed by atoms with Crippen LogP contribution in [-0.4, -0.2) is 11.6 Å². The average Bonchev–Trinajstić information content (AvgIpc) is 2.34. The number of hydrogen-bond acceptors (Lipinski definition) is 3. The summed E-state index contributed by atoms with van der Waals surface area (Å²) in [6.07, 6.45) is 4.41. The van der Waals surface area contributed by atoms with E-state index in [2.05, 4.69) is 20.9 Å². The molecule has 88 valence electrons. The maximum Gasteiger partial charge on any atom is 0.156 e. The number of nitrogen functional groups attached to an aromatic ring is 1. The third kappa shape index (κ3) is 3.20. The van der Waals surface area contributed by atoms with Gasteiger partial charge in [-0.1, -0.05) is 12.1 Å². The van der Waals surface area contributed by atoms with Crippen LogP contribution in [0.2, 0.25) is 0 Å². The van der Waals surface area contributed by atoms with Gasteiger partial charge in [-0.3, -0.25) is 4.98 Å². The van der Waals surface area contributed by atoms with Crippen molar-refractivity contribution >= 4 is 21.6 Å². The van der Waals surface area contributed by atoms with Gasteiger partial charge in [-0.15, -0.1) is 0 Å². The fraction of sp³-hybridized carbons (Fsp3) is 0.154. The van der Waals surface area contributed by atoms with E-state index in [1.54, 1.807) is 6.20 Å². The summed E-state index contributed by atoms with van der Waals surface area (Å²) in [7, 11) is 0. The highest BCUT2D eigenvalue weighted by Gasteiger charge is 2.04. The number of halogens is 1. The fourth-order valence-corrected chi connectivity index (χ4v) is 1.99. The fourth-order valence-electron chi connectivity index (χ4n) is 1.49. The molecule has 2 aromatic rings. The Labute approximate surface area is 109 Å². The highest BCUT2D eigenvalue weighted by atomic mass is 79.9. The molecule has 0 aliphatic rings. The molecule has 3 nitrogen and oxygen atoms in total. The Kier molecular flexibility index (Phi) is 3.98. The number of para-hydroxylation sites is 1. The molecule has 0 bridgehead atoms. The lowest BCUT2D eigenvalue weighted by atomic mass is 10.2. The number of pyridine rings is 1. The minimum atomic E-state index is 0.582. The van der Waals surface area contributed by atoms with Crippen molar-refractivity contribution < 1.29 is 4.74 Å². The van der Waals surface area contributed by atoms with Gasteiger partial charge < -0.3 is 10.5 Å². The first-order valence-corrected chi connectivity index (χ1v) is 6.12. The van der Waals surface area contributed by atoms with Crippen LogP contribution in [0.3, 0.4) is 0 Å². The molecule has 0 spiro atoms. The lowest BCUT2D eigenvalue weighted by Crippen LogP contribution is -2.04. The van der Waals surface area contributed by atoms with Gasteiger partial charge in [0.1, 0.15) is 0 Å². The molecule has 2 rings (SSSR count). The second-order valence-corrected chi connectivity index (χ2v) is 4.47. The van der Waals surface area contributed by atoms with Gasteiger partial charge in [-0.25, -0.2) is 0 Å². The predicted octanol–water partition coefficient (Wildman–Crippen LogP) is 3.05. The zero-order valence-electron chi connectivity index (χ0n) is 9.27. The number of nitrogens with zero attached hydrogens (tertiary/aromatic N) is 1. The van der Waals surface area contributed by atoms with Crippen molar-refractivity contribution in [3.63, 3.8) is 0 Å². The van der Waals surface area contributed by atoms with Crippen LogP contribution in [0.4, 0.5) is 5.69 Å². The van der Waals surface area contributed by atoms with Crippen molar-refractivity contribution in [3.8, 4) is 5.75 Å². The van der Waals surface area contributed by atoms with Crippen LogP contribution in [0, 0.1) is 0 Å². The first kappa shape index (κ1) is 11.9. The third-order valence-corrected chi connectivity index (χ3v) is 2.98. The summed E-state index contributed by atoms with van der Waals surface area (Å²) in [5.74, 6) is 0.705. The molecule has 1 aromatic carbocycles. The van der Waals surface area contributed by atoms with E-state index in [1.165, 1.54) is 0 Å². The zero-order valence-corrected chi connectivity index (χ0v) is 10.9. The van der Waals surface area contributed by atoms with Crippen molar-refractivity contribution in [1.29, 1.82) is 0 Å². The van der Waals surface area contributed by atoms with Gasteiger partial charge >= 0.3 is 0 Å². The van der Waals surface area contributed by atoms with Gasteiger partial charge in [-0.05, 0) is 39.7 Å². The molecule has 0 radical (unpaired) electrons. The molecule has 2 N–H and O–H groups in total. The van der Waals surface area contributed by atoms with Crippen molar-refractivity contribution in [3.05, 3.63) is 52.8 Å². The van der Waals surface area contributed by atoms with Crippen LogP contribution < -0.4 is 10.5 Å². The van der Waals surface area contributed by atoms with Gasteiger partial charge in [0.05, 0.1) is 16.8 Å². The molecule has 1 aromatic heterocycles. The number of ether oxygens (including phenoxy) is 1. The first-order chi connectivity index (χ1) is 8.27. The maximum absolute atomic E-state index is 5.83. The molecule has 0 aliphatic heterocycles. The Balaban J connectivity index is 1.95. The minimum Gasteiger partial charge on any atom is -0.490 e. The van der Waals surface area contributed by atoms with E-state index < -0.39 is 0 Å². The standard InChI is InChI=1S/C13H13BrN2O/c14-11-4-1-5-12(15)13(11)17-8-6-10-3-2-7-16-9-10/h1-5,7,9H,6,8,15H2. The molecule has 0 saturated heterocycles. The summed E-state index contributed by atoms with van der Waals surface area (Å²) < 4.78 is 6.55. The molecular weight excluding hydrogens is 280 g/mol. The van der Waals surface area contributed by atoms with Crippen LogP contribution in [0.1, 0.15) is 5.56 Å². The topological polar surface area (TPSA) is 48.1 Å². The Morgan fingerprint density at radius 3 is 2.82 bits per heavy atom. The molecule has 0 fully saturated rings. The molecular formula is C13H13BrN2O. The molecule has 17 heavy (non-hydrogen) atoms. The van der Waals surface area contributed by atoms with E-state index in [1.807, 2.05) is 36.5 Å². The summed E-state index contributed by atoms with van der Waals surface area (Å²) in [4.78, 5) is 4.06. The quantitative estimate of drug-likeness (QED) is 0.881. The predicted molar refractivity (Wildman–Crippen MR) is 72.0 cm³/mol. The number of hydrogen-bond donors (Lipinski definition) is 1. The van der Waals surface area contributed by atoms with Crippen LogP contribution in [-0.2, 0) is 6.42 Å². The van der Waals surface area contributed by atoms with Crippen molar-refractivity contribution in [1.82, 2.24) is 4.98 Å². The van der Waals surface area contributed by atoms with Crippen molar-refractivity contribution in [2.75, 3.05) is 12.3 Å². The van der Waals surface area contributed by atoms with E-state index >= 15 is 0 Å². The lowest BCUT2D eigenvalue weighted by molar-refractivity contribution is 0.321. The summed E-state index contributed by atoms with van der Waals surface area (Å²) in [6, 6.07) is 9.56. The van der Waals surface area contributed by atoms with Crippen molar-refractivity contribution in [2.24, 2.45) is 0 Å². The van der Waals surface area contributed by atoms with Crippen LogP contribution in [0.5, 0.6) is 5.75 Å². The number of aromatic nitrogens is 1. The summed E-state index contributed by atoms with van der Waals surface area (Å²) in [5.41, 5.74) is 7.63. The summed E-state index contributed by atoms with van der Waals surface area (Å²) >= 11 is 3.42. The second-order valence-electron chi connectivity index (χ2n) is 3.62. The molecule has 0 aliphatic carbocycles. The van der Waals surface area contributed by atoms with Gasteiger partial charge in [0.2, 0.25) is 0 Å². The molecule has 0 unspecified atom stereocenters. The van der Waals surface area contributed by atoms with Gasteiger partial charge in [-0.2, -0.15) is 0 Å². The van der Waals surface area contributed by atoms with Crippen LogP contribution in [0.25, 0.3) is 0 Å². The normalized spacial score (nSPS) is 10.2. The van der Waals surface area contributed by atoms with E-state index in [0.29, 0.717) is 18.0 Å². The molecule has 4 heteroatoms. The van der Waals surface area contributed by atoms with E-state index in [0.717, 1.165) is 16.5 Å². The van der Waals surface area contributed by atoms with Crippen LogP contribution >= 0.6 is 15.9 Å². The number of benzene rings is 1. The summed E-state index contributed by atoms with van der Waals surface area (Å²) in [5, 5.41) is 0. The van der Waals surface area contributed by atoms with Crippen molar-refractivity contribution in [2.45, 2.75) is 6.42 Å². The maximum atomic E-state index is 5.83. The largest absolute Gasteiger partial charge is 0.490 e. The van der Waals surface area contributed by atoms with Crippen LogP contribution in [0.15, 0.2) is 47.2 Å². The average molecular weight is 293 g/mol. The number of nitrogens with two attached hydrogens (primary N) is 1. The second kappa shape index (κ2) is 5.68. The highest BCUT2D eigenvalue weighted by Crippen LogP contribution is 2.30. The van der Waals surface area contributed by atoms with Gasteiger partial charge in [0.15, 0.2) is 5.75 Å². The summed E-state index contributed by atoms with van der Waals surface area (Å²) in [6.45, 7) is 0.582. The third-order valence-electron chi connectivity index (χ3n) is 2.36. The smallest absolute Gasteiger partial charge is 0.156 e. The number of rotatable bonds is 4. The molecule has 0 amide bonds. The highest BCUT2D eigenvalue weighted by molar-refractivity contribution is 9.10. The first-order valence-electron chi connectivity index (χ1n) is 5.33. The molecule has 1 heterocycles. The zero-order chi connectivity index (χ0) is 12.1.